The SMILES string of the molecule is CN=C(NCCc1ccc(-n2cccn2)cc1)NCCc1nc2ccccc2[nH]1. The van der Waals surface area contributed by atoms with Crippen LogP contribution < -0.4 is 10.6 Å². The lowest BCUT2D eigenvalue weighted by Gasteiger charge is -2.11. The molecule has 0 radical (unpaired) electrons. The average molecular weight is 387 g/mol. The molecule has 2 heterocycles. The highest BCUT2D eigenvalue weighted by Crippen LogP contribution is 2.10. The van der Waals surface area contributed by atoms with Crippen molar-refractivity contribution in [2.45, 2.75) is 12.8 Å². The summed E-state index contributed by atoms with van der Waals surface area (Å²) >= 11 is 0. The first kappa shape index (κ1) is 18.7. The molecule has 0 fully saturated rings. The maximum absolute atomic E-state index is 4.60. The number of nitrogens with zero attached hydrogens (tertiary/aromatic N) is 4. The number of fused-ring (bicyclic) bond motifs is 1. The zero-order chi connectivity index (χ0) is 19.9. The molecular weight excluding hydrogens is 362 g/mol. The number of benzene rings is 2. The van der Waals surface area contributed by atoms with Gasteiger partial charge in [0.1, 0.15) is 5.82 Å². The molecule has 0 atom stereocenters. The van der Waals surface area contributed by atoms with Crippen LogP contribution in [0, 0.1) is 0 Å². The lowest BCUT2D eigenvalue weighted by Crippen LogP contribution is -2.39. The summed E-state index contributed by atoms with van der Waals surface area (Å²) in [5, 5.41) is 11.0. The molecule has 0 saturated carbocycles. The molecule has 0 saturated heterocycles. The van der Waals surface area contributed by atoms with Crippen molar-refractivity contribution >= 4 is 17.0 Å². The molecule has 2 aromatic heterocycles. The minimum absolute atomic E-state index is 0.762. The van der Waals surface area contributed by atoms with Crippen LogP contribution in [0.2, 0.25) is 0 Å². The lowest BCUT2D eigenvalue weighted by molar-refractivity contribution is 0.770. The Morgan fingerprint density at radius 2 is 1.79 bits per heavy atom. The molecule has 29 heavy (non-hydrogen) atoms. The highest BCUT2D eigenvalue weighted by atomic mass is 15.3. The molecule has 0 aliphatic rings. The first-order valence-electron chi connectivity index (χ1n) is 9.79. The molecule has 0 bridgehead atoms. The van der Waals surface area contributed by atoms with E-state index in [1.54, 1.807) is 13.2 Å². The molecule has 0 unspecified atom stereocenters. The van der Waals surface area contributed by atoms with Crippen LogP contribution in [0.15, 0.2) is 72.0 Å². The summed E-state index contributed by atoms with van der Waals surface area (Å²) in [6.45, 7) is 1.57. The second-order valence-corrected chi connectivity index (χ2v) is 6.74. The highest BCUT2D eigenvalue weighted by molar-refractivity contribution is 5.79. The van der Waals surface area contributed by atoms with E-state index >= 15 is 0 Å². The van der Waals surface area contributed by atoms with Gasteiger partial charge in [-0.3, -0.25) is 4.99 Å². The van der Waals surface area contributed by atoms with E-state index < -0.39 is 0 Å². The van der Waals surface area contributed by atoms with Crippen LogP contribution in [-0.4, -0.2) is 45.8 Å². The summed E-state index contributed by atoms with van der Waals surface area (Å²) in [7, 11) is 1.79. The number of rotatable bonds is 7. The van der Waals surface area contributed by atoms with Gasteiger partial charge in [0, 0.05) is 39.0 Å². The van der Waals surface area contributed by atoms with E-state index in [2.05, 4.69) is 55.0 Å². The molecule has 7 heteroatoms. The summed E-state index contributed by atoms with van der Waals surface area (Å²) in [5.74, 6) is 1.78. The Morgan fingerprint density at radius 1 is 1.00 bits per heavy atom. The van der Waals surface area contributed by atoms with Crippen LogP contribution in [0.1, 0.15) is 11.4 Å². The molecule has 4 aromatic rings. The van der Waals surface area contributed by atoms with Crippen LogP contribution in [0.4, 0.5) is 0 Å². The van der Waals surface area contributed by atoms with Crippen LogP contribution in [0.25, 0.3) is 16.7 Å². The number of nitrogens with one attached hydrogen (secondary N) is 3. The summed E-state index contributed by atoms with van der Waals surface area (Å²) in [4.78, 5) is 12.2. The molecule has 4 rings (SSSR count). The van der Waals surface area contributed by atoms with Crippen molar-refractivity contribution in [1.82, 2.24) is 30.4 Å². The molecule has 2 aromatic carbocycles. The van der Waals surface area contributed by atoms with Gasteiger partial charge in [0.2, 0.25) is 0 Å². The van der Waals surface area contributed by atoms with E-state index in [0.717, 1.165) is 54.4 Å². The van der Waals surface area contributed by atoms with E-state index in [1.165, 1.54) is 5.56 Å². The van der Waals surface area contributed by atoms with Gasteiger partial charge >= 0.3 is 0 Å². The Balaban J connectivity index is 1.21. The van der Waals surface area contributed by atoms with Crippen molar-refractivity contribution in [2.24, 2.45) is 4.99 Å². The normalized spacial score (nSPS) is 11.7. The zero-order valence-electron chi connectivity index (χ0n) is 16.5. The number of hydrogen-bond acceptors (Lipinski definition) is 3. The minimum atomic E-state index is 0.762. The second kappa shape index (κ2) is 9.05. The monoisotopic (exact) mass is 387 g/mol. The lowest BCUT2D eigenvalue weighted by atomic mass is 10.1. The van der Waals surface area contributed by atoms with Gasteiger partial charge in [-0.1, -0.05) is 24.3 Å². The topological polar surface area (TPSA) is 82.9 Å². The highest BCUT2D eigenvalue weighted by Gasteiger charge is 2.03. The summed E-state index contributed by atoms with van der Waals surface area (Å²) < 4.78 is 1.86. The van der Waals surface area contributed by atoms with Crippen LogP contribution in [0.5, 0.6) is 0 Å². The van der Waals surface area contributed by atoms with Crippen molar-refractivity contribution in [3.8, 4) is 5.69 Å². The Labute approximate surface area is 169 Å². The standard InChI is InChI=1S/C22H25N7/c1-23-22(25-15-12-21-27-19-5-2-3-6-20(19)28-21)24-14-11-17-7-9-18(10-8-17)29-16-4-13-26-29/h2-10,13,16H,11-12,14-15H2,1H3,(H,27,28)(H2,23,24,25). The first-order valence-corrected chi connectivity index (χ1v) is 9.79. The molecule has 3 N–H and O–H groups in total. The fourth-order valence-corrected chi connectivity index (χ4v) is 3.21. The number of H-pyrrole nitrogens is 1. The Kier molecular flexibility index (Phi) is 5.85. The zero-order valence-corrected chi connectivity index (χ0v) is 16.5. The van der Waals surface area contributed by atoms with Gasteiger partial charge in [-0.15, -0.1) is 0 Å². The number of imidazole rings is 1. The fraction of sp³-hybridized carbons (Fsp3) is 0.227. The summed E-state index contributed by atoms with van der Waals surface area (Å²) in [6, 6.07) is 18.4. The molecule has 0 aliphatic carbocycles. The van der Waals surface area contributed by atoms with Gasteiger partial charge in [0.25, 0.3) is 0 Å². The number of hydrogen-bond donors (Lipinski definition) is 3. The predicted octanol–water partition coefficient (Wildman–Crippen LogP) is 2.70. The van der Waals surface area contributed by atoms with E-state index in [4.69, 9.17) is 0 Å². The second-order valence-electron chi connectivity index (χ2n) is 6.74. The third-order valence-electron chi connectivity index (χ3n) is 4.73. The van der Waals surface area contributed by atoms with Gasteiger partial charge in [-0.25, -0.2) is 9.67 Å². The van der Waals surface area contributed by atoms with Gasteiger partial charge in [-0.05, 0) is 42.3 Å². The quantitative estimate of drug-likeness (QED) is 0.336. The van der Waals surface area contributed by atoms with Crippen LogP contribution in [0.3, 0.4) is 0 Å². The molecular formula is C22H25N7. The van der Waals surface area contributed by atoms with Crippen molar-refractivity contribution in [2.75, 3.05) is 20.1 Å². The molecule has 7 nitrogen and oxygen atoms in total. The molecule has 0 amide bonds. The van der Waals surface area contributed by atoms with Gasteiger partial charge in [0.15, 0.2) is 5.96 Å². The van der Waals surface area contributed by atoms with Crippen LogP contribution >= 0.6 is 0 Å². The third-order valence-corrected chi connectivity index (χ3v) is 4.73. The Hall–Kier alpha value is -3.61. The van der Waals surface area contributed by atoms with Gasteiger partial charge in [0.05, 0.1) is 16.7 Å². The Bertz CT molecular complexity index is 1030. The largest absolute Gasteiger partial charge is 0.356 e. The van der Waals surface area contributed by atoms with E-state index in [0.29, 0.717) is 0 Å². The number of aliphatic imine (C=N–C) groups is 1. The van der Waals surface area contributed by atoms with Gasteiger partial charge < -0.3 is 15.6 Å². The Morgan fingerprint density at radius 3 is 2.52 bits per heavy atom. The summed E-state index contributed by atoms with van der Waals surface area (Å²) in [5.41, 5.74) is 4.41. The molecule has 0 aliphatic heterocycles. The predicted molar refractivity (Wildman–Crippen MR) is 116 cm³/mol. The number of guanidine groups is 1. The fourth-order valence-electron chi connectivity index (χ4n) is 3.21. The maximum atomic E-state index is 4.60. The van der Waals surface area contributed by atoms with Crippen LogP contribution in [-0.2, 0) is 12.8 Å². The number of aromatic amines is 1. The van der Waals surface area contributed by atoms with Crippen molar-refractivity contribution in [1.29, 1.82) is 0 Å². The number of para-hydroxylation sites is 2. The van der Waals surface area contributed by atoms with E-state index in [1.807, 2.05) is 41.2 Å². The number of aromatic nitrogens is 4. The summed E-state index contributed by atoms with van der Waals surface area (Å²) in [6.07, 6.45) is 5.45. The smallest absolute Gasteiger partial charge is 0.191 e. The van der Waals surface area contributed by atoms with Crippen molar-refractivity contribution in [3.05, 3.63) is 78.4 Å². The first-order chi connectivity index (χ1) is 14.3. The van der Waals surface area contributed by atoms with Crippen molar-refractivity contribution in [3.63, 3.8) is 0 Å². The van der Waals surface area contributed by atoms with Crippen molar-refractivity contribution < 1.29 is 0 Å². The van der Waals surface area contributed by atoms with E-state index in [-0.39, 0.29) is 0 Å². The van der Waals surface area contributed by atoms with Gasteiger partial charge in [-0.2, -0.15) is 5.10 Å². The minimum Gasteiger partial charge on any atom is -0.356 e. The average Bonchev–Trinajstić information content (AvgIpc) is 3.43. The maximum Gasteiger partial charge on any atom is 0.191 e. The molecule has 0 spiro atoms. The third kappa shape index (κ3) is 4.82. The molecule has 148 valence electrons. The van der Waals surface area contributed by atoms with E-state index in [9.17, 15) is 0 Å².